The quantitative estimate of drug-likeness (QED) is 0.891. The molecule has 0 spiro atoms. The van der Waals surface area contributed by atoms with Gasteiger partial charge in [-0.2, -0.15) is 0 Å². The van der Waals surface area contributed by atoms with Crippen molar-refractivity contribution >= 4 is 11.9 Å². The molecule has 7 heteroatoms. The molecule has 1 aromatic carbocycles. The van der Waals surface area contributed by atoms with Gasteiger partial charge in [0, 0.05) is 6.04 Å². The normalized spacial score (nSPS) is 21.1. The summed E-state index contributed by atoms with van der Waals surface area (Å²) in [5.41, 5.74) is -0.503. The predicted octanol–water partition coefficient (Wildman–Crippen LogP) is 1.96. The van der Waals surface area contributed by atoms with Gasteiger partial charge >= 0.3 is 5.97 Å². The molecule has 1 aliphatic carbocycles. The molecule has 2 N–H and O–H groups in total. The molecule has 1 aliphatic rings. The molecule has 2 rings (SSSR count). The Balaban J connectivity index is 2.15. The number of aliphatic carboxylic acids is 1. The fourth-order valence-electron chi connectivity index (χ4n) is 2.54. The minimum absolute atomic E-state index is 0.278. The van der Waals surface area contributed by atoms with E-state index in [1.54, 1.807) is 0 Å². The summed E-state index contributed by atoms with van der Waals surface area (Å²) in [4.78, 5) is 22.9. The highest BCUT2D eigenvalue weighted by molar-refractivity contribution is 5.97. The van der Waals surface area contributed by atoms with E-state index in [0.717, 1.165) is 19.2 Å². The lowest BCUT2D eigenvalue weighted by molar-refractivity contribution is -0.141. The van der Waals surface area contributed by atoms with Crippen LogP contribution < -0.4 is 10.1 Å². The second-order valence-corrected chi connectivity index (χ2v) is 4.96. The summed E-state index contributed by atoms with van der Waals surface area (Å²) < 4.78 is 32.0. The number of rotatable bonds is 4. The molecule has 1 aromatic rings. The monoisotopic (exact) mass is 299 g/mol. The fourth-order valence-corrected chi connectivity index (χ4v) is 2.54. The lowest BCUT2D eigenvalue weighted by Crippen LogP contribution is -2.34. The Hall–Kier alpha value is -2.18. The van der Waals surface area contributed by atoms with Gasteiger partial charge in [0.15, 0.2) is 11.6 Å². The Labute approximate surface area is 119 Å². The van der Waals surface area contributed by atoms with E-state index in [9.17, 15) is 18.4 Å². The number of hydrogen-bond acceptors (Lipinski definition) is 3. The van der Waals surface area contributed by atoms with Crippen LogP contribution in [0.1, 0.15) is 29.6 Å². The van der Waals surface area contributed by atoms with Crippen molar-refractivity contribution in [3.63, 3.8) is 0 Å². The zero-order chi connectivity index (χ0) is 15.6. The van der Waals surface area contributed by atoms with Crippen molar-refractivity contribution in [3.05, 3.63) is 29.3 Å². The van der Waals surface area contributed by atoms with E-state index in [1.807, 2.05) is 0 Å². The first-order valence-corrected chi connectivity index (χ1v) is 6.49. The summed E-state index contributed by atoms with van der Waals surface area (Å²) in [5.74, 6) is -4.42. The zero-order valence-corrected chi connectivity index (χ0v) is 11.4. The molecule has 1 saturated carbocycles. The van der Waals surface area contributed by atoms with Crippen LogP contribution in [0.5, 0.6) is 5.75 Å². The Morgan fingerprint density at radius 2 is 1.95 bits per heavy atom. The molecule has 0 heterocycles. The maximum absolute atomic E-state index is 13.7. The number of carboxylic acids is 1. The Morgan fingerprint density at radius 1 is 1.29 bits per heavy atom. The van der Waals surface area contributed by atoms with E-state index in [-0.39, 0.29) is 12.5 Å². The molecule has 1 amide bonds. The highest BCUT2D eigenvalue weighted by atomic mass is 19.1. The van der Waals surface area contributed by atoms with Crippen LogP contribution in [0.4, 0.5) is 8.78 Å². The molecular formula is C14H15F2NO4. The van der Waals surface area contributed by atoms with E-state index < -0.39 is 40.7 Å². The number of carboxylic acid groups (broad SMARTS) is 1. The van der Waals surface area contributed by atoms with Crippen molar-refractivity contribution < 1.29 is 28.2 Å². The predicted molar refractivity (Wildman–Crippen MR) is 69.1 cm³/mol. The lowest BCUT2D eigenvalue weighted by Gasteiger charge is -2.15. The van der Waals surface area contributed by atoms with E-state index in [0.29, 0.717) is 12.8 Å². The molecule has 21 heavy (non-hydrogen) atoms. The average Bonchev–Trinajstić information content (AvgIpc) is 2.89. The van der Waals surface area contributed by atoms with Gasteiger partial charge in [-0.05, 0) is 31.4 Å². The molecule has 1 fully saturated rings. The van der Waals surface area contributed by atoms with Crippen molar-refractivity contribution in [2.75, 3.05) is 7.11 Å². The average molecular weight is 299 g/mol. The van der Waals surface area contributed by atoms with Gasteiger partial charge in [0.2, 0.25) is 0 Å². The van der Waals surface area contributed by atoms with Gasteiger partial charge in [0.1, 0.15) is 11.4 Å². The summed E-state index contributed by atoms with van der Waals surface area (Å²) in [6, 6.07) is 1.36. The number of carbonyl (C=O) groups is 2. The van der Waals surface area contributed by atoms with Crippen molar-refractivity contribution in [2.24, 2.45) is 5.92 Å². The summed E-state index contributed by atoms with van der Waals surface area (Å²) in [6.07, 6.45) is 1.21. The van der Waals surface area contributed by atoms with Crippen molar-refractivity contribution in [3.8, 4) is 5.75 Å². The molecule has 5 nitrogen and oxygen atoms in total. The SMILES string of the molecule is COc1c(F)ccc(F)c1C(=O)N[C@@H]1CC[C@H](C(=O)O)C1. The molecule has 0 saturated heterocycles. The van der Waals surface area contributed by atoms with Crippen LogP contribution in [0.2, 0.25) is 0 Å². The first kappa shape index (κ1) is 15.2. The third kappa shape index (κ3) is 3.12. The summed E-state index contributed by atoms with van der Waals surface area (Å²) >= 11 is 0. The third-order valence-corrected chi connectivity index (χ3v) is 3.61. The first-order valence-electron chi connectivity index (χ1n) is 6.49. The van der Waals surface area contributed by atoms with Crippen LogP contribution in [0, 0.1) is 17.6 Å². The van der Waals surface area contributed by atoms with Gasteiger partial charge in [0.05, 0.1) is 13.0 Å². The maximum atomic E-state index is 13.7. The van der Waals surface area contributed by atoms with Gasteiger partial charge < -0.3 is 15.2 Å². The number of nitrogens with one attached hydrogen (secondary N) is 1. The highest BCUT2D eigenvalue weighted by Crippen LogP contribution is 2.28. The lowest BCUT2D eigenvalue weighted by atomic mass is 10.1. The van der Waals surface area contributed by atoms with Crippen LogP contribution in [0.15, 0.2) is 12.1 Å². The molecule has 114 valence electrons. The van der Waals surface area contributed by atoms with Crippen LogP contribution in [0.3, 0.4) is 0 Å². The van der Waals surface area contributed by atoms with E-state index >= 15 is 0 Å². The molecule has 0 radical (unpaired) electrons. The second-order valence-electron chi connectivity index (χ2n) is 4.96. The number of ether oxygens (including phenoxy) is 1. The van der Waals surface area contributed by atoms with Crippen molar-refractivity contribution in [1.82, 2.24) is 5.32 Å². The number of amides is 1. The third-order valence-electron chi connectivity index (χ3n) is 3.61. The van der Waals surface area contributed by atoms with Crippen LogP contribution in [0.25, 0.3) is 0 Å². The van der Waals surface area contributed by atoms with Gasteiger partial charge in [0.25, 0.3) is 5.91 Å². The second kappa shape index (κ2) is 6.07. The summed E-state index contributed by atoms with van der Waals surface area (Å²) in [6.45, 7) is 0. The number of methoxy groups -OCH3 is 1. The number of carbonyl (C=O) groups excluding carboxylic acids is 1. The Morgan fingerprint density at radius 3 is 2.52 bits per heavy atom. The minimum Gasteiger partial charge on any atom is -0.493 e. The molecular weight excluding hydrogens is 284 g/mol. The number of hydrogen-bond donors (Lipinski definition) is 2. The largest absolute Gasteiger partial charge is 0.493 e. The van der Waals surface area contributed by atoms with Gasteiger partial charge in [-0.15, -0.1) is 0 Å². The maximum Gasteiger partial charge on any atom is 0.306 e. The van der Waals surface area contributed by atoms with E-state index in [2.05, 4.69) is 5.32 Å². The topological polar surface area (TPSA) is 75.6 Å². The summed E-state index contributed by atoms with van der Waals surface area (Å²) in [7, 11) is 1.14. The first-order chi connectivity index (χ1) is 9.93. The van der Waals surface area contributed by atoms with Crippen LogP contribution in [-0.2, 0) is 4.79 Å². The molecule has 0 bridgehead atoms. The Kier molecular flexibility index (Phi) is 4.40. The van der Waals surface area contributed by atoms with Crippen LogP contribution in [-0.4, -0.2) is 30.1 Å². The standard InChI is InChI=1S/C14H15F2NO4/c1-21-12-10(16)5-4-9(15)11(12)13(18)17-8-3-2-7(6-8)14(19)20/h4-5,7-8H,2-3,6H2,1H3,(H,17,18)(H,19,20)/t7-,8+/m0/s1. The highest BCUT2D eigenvalue weighted by Gasteiger charge is 2.32. The molecule has 2 atom stereocenters. The van der Waals surface area contributed by atoms with Crippen molar-refractivity contribution in [2.45, 2.75) is 25.3 Å². The molecule has 0 aromatic heterocycles. The molecule has 0 aliphatic heterocycles. The number of benzene rings is 1. The zero-order valence-electron chi connectivity index (χ0n) is 11.4. The van der Waals surface area contributed by atoms with Gasteiger partial charge in [-0.1, -0.05) is 0 Å². The molecule has 0 unspecified atom stereocenters. The van der Waals surface area contributed by atoms with E-state index in [1.165, 1.54) is 0 Å². The smallest absolute Gasteiger partial charge is 0.306 e. The fraction of sp³-hybridized carbons (Fsp3) is 0.429. The Bertz CT molecular complexity index is 576. The van der Waals surface area contributed by atoms with E-state index in [4.69, 9.17) is 9.84 Å². The van der Waals surface area contributed by atoms with Crippen LogP contribution >= 0.6 is 0 Å². The van der Waals surface area contributed by atoms with Gasteiger partial charge in [-0.3, -0.25) is 9.59 Å². The summed E-state index contributed by atoms with van der Waals surface area (Å²) in [5, 5.41) is 11.4. The van der Waals surface area contributed by atoms with Gasteiger partial charge in [-0.25, -0.2) is 8.78 Å². The minimum atomic E-state index is -0.915. The number of halogens is 2. The van der Waals surface area contributed by atoms with Crippen molar-refractivity contribution in [1.29, 1.82) is 0 Å².